The Morgan fingerprint density at radius 3 is 3.08 bits per heavy atom. The molecule has 2 saturated heterocycles. The number of piperidine rings is 1. The fourth-order valence-electron chi connectivity index (χ4n) is 5.15. The number of nitrogens with zero attached hydrogens (tertiary/aromatic N) is 1. The van der Waals surface area contributed by atoms with Crippen molar-refractivity contribution >= 4 is 5.97 Å². The summed E-state index contributed by atoms with van der Waals surface area (Å²) < 4.78 is 19.5. The summed E-state index contributed by atoms with van der Waals surface area (Å²) in [5, 5.41) is 10.8. The van der Waals surface area contributed by atoms with Crippen LogP contribution in [0.1, 0.15) is 37.4 Å². The van der Waals surface area contributed by atoms with Crippen LogP contribution in [0, 0.1) is 5.82 Å². The second-order valence-corrected chi connectivity index (χ2v) is 7.44. The Labute approximate surface area is 145 Å². The molecule has 0 amide bonds. The molecular weight excluding hydrogens is 321 g/mol. The molecule has 2 fully saturated rings. The van der Waals surface area contributed by atoms with Crippen LogP contribution in [0.25, 0.3) is 0 Å². The maximum Gasteiger partial charge on any atom is 0.338 e. The normalized spacial score (nSPS) is 34.7. The zero-order valence-corrected chi connectivity index (χ0v) is 13.8. The molecule has 25 heavy (non-hydrogen) atoms. The smallest absolute Gasteiger partial charge is 0.338 e. The average molecular weight is 341 g/mol. The zero-order chi connectivity index (χ0) is 17.2. The maximum absolute atomic E-state index is 13.6. The Morgan fingerprint density at radius 1 is 1.36 bits per heavy atom. The lowest BCUT2D eigenvalue weighted by Gasteiger charge is -2.37. The lowest BCUT2D eigenvalue weighted by molar-refractivity contribution is -0.150. The van der Waals surface area contributed by atoms with Crippen molar-refractivity contribution in [1.82, 2.24) is 4.90 Å². The highest BCUT2D eigenvalue weighted by molar-refractivity contribution is 5.96. The summed E-state index contributed by atoms with van der Waals surface area (Å²) in [6.45, 7) is 1.02. The van der Waals surface area contributed by atoms with Gasteiger partial charge in [-0.25, -0.2) is 9.18 Å². The van der Waals surface area contributed by atoms with Gasteiger partial charge in [-0.3, -0.25) is 4.90 Å². The van der Waals surface area contributed by atoms with E-state index in [0.29, 0.717) is 11.6 Å². The van der Waals surface area contributed by atoms with Gasteiger partial charge in [0, 0.05) is 18.0 Å². The van der Waals surface area contributed by atoms with E-state index in [1.165, 1.54) is 18.6 Å². The number of aliphatic hydroxyl groups is 1. The summed E-state index contributed by atoms with van der Waals surface area (Å²) in [5.41, 5.74) is 0.804. The lowest BCUT2D eigenvalue weighted by atomic mass is 9.78. The first kappa shape index (κ1) is 15.3. The van der Waals surface area contributed by atoms with Gasteiger partial charge in [0.05, 0.1) is 11.6 Å². The van der Waals surface area contributed by atoms with Crippen LogP contribution in [-0.2, 0) is 9.53 Å². The third-order valence-electron chi connectivity index (χ3n) is 6.18. The minimum Gasteiger partial charge on any atom is -0.449 e. The first-order valence-corrected chi connectivity index (χ1v) is 8.95. The molecule has 0 radical (unpaired) electrons. The quantitative estimate of drug-likeness (QED) is 0.840. The fraction of sp³-hybridized carbons (Fsp3) is 0.450. The molecule has 0 saturated carbocycles. The van der Waals surface area contributed by atoms with E-state index in [4.69, 9.17) is 4.74 Å². The second kappa shape index (κ2) is 5.26. The number of carbonyl (C=O) groups is 1. The Kier molecular flexibility index (Phi) is 3.21. The van der Waals surface area contributed by atoms with Gasteiger partial charge in [-0.2, -0.15) is 0 Å². The highest BCUT2D eigenvalue weighted by Gasteiger charge is 2.62. The highest BCUT2D eigenvalue weighted by Crippen LogP contribution is 2.54. The summed E-state index contributed by atoms with van der Waals surface area (Å²) in [6.07, 6.45) is 6.96. The summed E-state index contributed by atoms with van der Waals surface area (Å²) in [4.78, 5) is 15.2. The number of benzene rings is 1. The second-order valence-electron chi connectivity index (χ2n) is 7.44. The zero-order valence-electron chi connectivity index (χ0n) is 13.8. The van der Waals surface area contributed by atoms with Crippen molar-refractivity contribution in [2.45, 2.75) is 49.5 Å². The molecule has 2 bridgehead atoms. The van der Waals surface area contributed by atoms with Gasteiger partial charge in [-0.15, -0.1) is 0 Å². The van der Waals surface area contributed by atoms with E-state index in [0.717, 1.165) is 31.4 Å². The Morgan fingerprint density at radius 2 is 2.24 bits per heavy atom. The number of aliphatic hydroxyl groups excluding tert-OH is 1. The molecule has 4 aliphatic rings. The first-order chi connectivity index (χ1) is 12.1. The van der Waals surface area contributed by atoms with Gasteiger partial charge >= 0.3 is 5.97 Å². The summed E-state index contributed by atoms with van der Waals surface area (Å²) in [7, 11) is 0. The lowest BCUT2D eigenvalue weighted by Crippen LogP contribution is -2.48. The summed E-state index contributed by atoms with van der Waals surface area (Å²) in [5.74, 6) is -0.897. The molecule has 4 atom stereocenters. The predicted octanol–water partition coefficient (Wildman–Crippen LogP) is 2.65. The molecule has 130 valence electrons. The van der Waals surface area contributed by atoms with Crippen LogP contribution >= 0.6 is 0 Å². The molecule has 1 aromatic rings. The van der Waals surface area contributed by atoms with Crippen LogP contribution in [-0.4, -0.2) is 40.2 Å². The van der Waals surface area contributed by atoms with Crippen molar-refractivity contribution in [3.63, 3.8) is 0 Å². The van der Waals surface area contributed by atoms with E-state index in [2.05, 4.69) is 11.0 Å². The van der Waals surface area contributed by atoms with Gasteiger partial charge in [0.2, 0.25) is 0 Å². The highest BCUT2D eigenvalue weighted by atomic mass is 19.1. The number of esters is 1. The van der Waals surface area contributed by atoms with Gasteiger partial charge in [-0.1, -0.05) is 30.7 Å². The number of ether oxygens (including phenoxy) is 1. The van der Waals surface area contributed by atoms with Crippen LogP contribution in [0.15, 0.2) is 47.6 Å². The number of fused-ring (bicyclic) bond motifs is 3. The van der Waals surface area contributed by atoms with Crippen molar-refractivity contribution in [2.75, 3.05) is 6.54 Å². The minimum absolute atomic E-state index is 0.178. The molecule has 3 heterocycles. The van der Waals surface area contributed by atoms with Gasteiger partial charge < -0.3 is 9.84 Å². The van der Waals surface area contributed by atoms with Gasteiger partial charge in [0.1, 0.15) is 11.9 Å². The predicted molar refractivity (Wildman–Crippen MR) is 89.1 cm³/mol. The molecule has 1 unspecified atom stereocenters. The molecule has 3 aliphatic heterocycles. The molecule has 4 nitrogen and oxygen atoms in total. The maximum atomic E-state index is 13.6. The van der Waals surface area contributed by atoms with Crippen molar-refractivity contribution in [1.29, 1.82) is 0 Å². The van der Waals surface area contributed by atoms with Gasteiger partial charge in [0.25, 0.3) is 0 Å². The first-order valence-electron chi connectivity index (χ1n) is 8.95. The molecule has 1 N–H and O–H groups in total. The SMILES string of the molecule is O=C1O[C@@]23C[C@@H](C=CC2=C1C(O)c1cccc(F)c1)N1CCCC[C@H]13. The third kappa shape index (κ3) is 2.02. The Bertz CT molecular complexity index is 817. The molecule has 5 rings (SSSR count). The number of rotatable bonds is 2. The molecule has 5 heteroatoms. The van der Waals surface area contributed by atoms with Crippen molar-refractivity contribution < 1.29 is 19.0 Å². The number of halogens is 1. The Balaban J connectivity index is 1.62. The molecule has 1 aliphatic carbocycles. The van der Waals surface area contributed by atoms with Gasteiger partial charge in [0.15, 0.2) is 5.60 Å². The fourth-order valence-corrected chi connectivity index (χ4v) is 5.15. The number of carbonyl (C=O) groups excluding carboxylic acids is 1. The molecule has 0 aromatic heterocycles. The van der Waals surface area contributed by atoms with E-state index in [9.17, 15) is 14.3 Å². The largest absolute Gasteiger partial charge is 0.449 e. The monoisotopic (exact) mass is 341 g/mol. The van der Waals surface area contributed by atoms with Crippen molar-refractivity contribution in [3.05, 3.63) is 58.9 Å². The topological polar surface area (TPSA) is 49.8 Å². The van der Waals surface area contributed by atoms with E-state index >= 15 is 0 Å². The van der Waals surface area contributed by atoms with Crippen molar-refractivity contribution in [2.24, 2.45) is 0 Å². The average Bonchev–Trinajstić information content (AvgIpc) is 3.05. The summed E-state index contributed by atoms with van der Waals surface area (Å²) >= 11 is 0. The Hall–Kier alpha value is -1.98. The standard InChI is InChI=1S/C20H20FNO3/c21-13-5-3-4-12(10-13)18(23)17-15-8-7-14-11-20(15,25-19(17)24)16-6-1-2-9-22(14)16/h3-5,7-8,10,14,16,18,23H,1-2,6,9,11H2/t14-,16+,18?,20+/m1/s1. The minimum atomic E-state index is -1.17. The number of hydrogen-bond acceptors (Lipinski definition) is 4. The van der Waals surface area contributed by atoms with Crippen LogP contribution in [0.4, 0.5) is 4.39 Å². The van der Waals surface area contributed by atoms with Crippen LogP contribution in [0.3, 0.4) is 0 Å². The van der Waals surface area contributed by atoms with E-state index in [1.807, 2.05) is 6.08 Å². The van der Waals surface area contributed by atoms with Crippen LogP contribution in [0.2, 0.25) is 0 Å². The third-order valence-corrected chi connectivity index (χ3v) is 6.18. The van der Waals surface area contributed by atoms with Gasteiger partial charge in [-0.05, 0) is 37.1 Å². The molecule has 1 spiro atoms. The van der Waals surface area contributed by atoms with E-state index < -0.39 is 23.5 Å². The van der Waals surface area contributed by atoms with Crippen LogP contribution < -0.4 is 0 Å². The summed E-state index contributed by atoms with van der Waals surface area (Å²) in [6, 6.07) is 6.25. The van der Waals surface area contributed by atoms with Crippen molar-refractivity contribution in [3.8, 4) is 0 Å². The van der Waals surface area contributed by atoms with E-state index in [1.54, 1.807) is 12.1 Å². The number of hydrogen-bond donors (Lipinski definition) is 1. The van der Waals surface area contributed by atoms with E-state index in [-0.39, 0.29) is 11.6 Å². The molecule has 1 aromatic carbocycles. The van der Waals surface area contributed by atoms with Crippen LogP contribution in [0.5, 0.6) is 0 Å². The molecular formula is C20H20FNO3.